The Labute approximate surface area is 110 Å². The van der Waals surface area contributed by atoms with Crippen LogP contribution in [0.15, 0.2) is 24.7 Å². The molecule has 0 fully saturated rings. The number of rotatable bonds is 1. The van der Waals surface area contributed by atoms with Crippen molar-refractivity contribution in [3.8, 4) is 11.8 Å². The second-order valence-corrected chi connectivity index (χ2v) is 4.12. The maximum Gasteiger partial charge on any atom is 0.264 e. The van der Waals surface area contributed by atoms with E-state index in [-0.39, 0.29) is 0 Å². The molecule has 1 aromatic carbocycles. The SMILES string of the molecule is CN(C)C(=S)Oc1ccc(C#N)c2cncnc12. The van der Waals surface area contributed by atoms with Crippen LogP contribution in [-0.2, 0) is 0 Å². The summed E-state index contributed by atoms with van der Waals surface area (Å²) in [5.41, 5.74) is 1.09. The van der Waals surface area contributed by atoms with Gasteiger partial charge in [0, 0.05) is 25.7 Å². The average Bonchev–Trinajstić information content (AvgIpc) is 2.39. The zero-order valence-electron chi connectivity index (χ0n) is 9.91. The molecule has 2 rings (SSSR count). The Morgan fingerprint density at radius 2 is 2.22 bits per heavy atom. The third kappa shape index (κ3) is 2.21. The molecule has 0 radical (unpaired) electrons. The first kappa shape index (κ1) is 12.2. The van der Waals surface area contributed by atoms with Crippen molar-refractivity contribution in [1.29, 1.82) is 5.26 Å². The van der Waals surface area contributed by atoms with E-state index >= 15 is 0 Å². The van der Waals surface area contributed by atoms with Gasteiger partial charge in [-0.3, -0.25) is 0 Å². The van der Waals surface area contributed by atoms with Crippen LogP contribution in [0.3, 0.4) is 0 Å². The molecule has 6 heteroatoms. The molecule has 0 bridgehead atoms. The molecule has 2 aromatic rings. The van der Waals surface area contributed by atoms with Crippen molar-refractivity contribution in [3.63, 3.8) is 0 Å². The highest BCUT2D eigenvalue weighted by Gasteiger charge is 2.10. The molecular formula is C12H10N4OS. The molecule has 1 heterocycles. The molecule has 90 valence electrons. The van der Waals surface area contributed by atoms with Crippen molar-refractivity contribution in [3.05, 3.63) is 30.2 Å². The van der Waals surface area contributed by atoms with E-state index in [0.717, 1.165) is 0 Å². The third-order valence-electron chi connectivity index (χ3n) is 2.32. The van der Waals surface area contributed by atoms with Gasteiger partial charge in [-0.15, -0.1) is 0 Å². The van der Waals surface area contributed by atoms with Crippen LogP contribution < -0.4 is 4.74 Å². The molecule has 0 saturated carbocycles. The standard InChI is InChI=1S/C12H10N4OS/c1-16(2)12(18)17-10-4-3-8(5-13)9-6-14-7-15-11(9)10/h3-4,6-7H,1-2H3. The molecule has 1 aromatic heterocycles. The number of aromatic nitrogens is 2. The van der Waals surface area contributed by atoms with E-state index in [1.165, 1.54) is 6.33 Å². The van der Waals surface area contributed by atoms with Crippen molar-refractivity contribution in [2.75, 3.05) is 14.1 Å². The van der Waals surface area contributed by atoms with Crippen LogP contribution in [-0.4, -0.2) is 34.1 Å². The van der Waals surface area contributed by atoms with Crippen molar-refractivity contribution >= 4 is 28.3 Å². The smallest absolute Gasteiger partial charge is 0.264 e. The fourth-order valence-electron chi connectivity index (χ4n) is 1.42. The van der Waals surface area contributed by atoms with Gasteiger partial charge in [0.1, 0.15) is 11.8 Å². The quantitative estimate of drug-likeness (QED) is 0.726. The molecule has 0 aliphatic carbocycles. The summed E-state index contributed by atoms with van der Waals surface area (Å²) in [6, 6.07) is 5.44. The molecule has 0 N–H and O–H groups in total. The molecule has 0 unspecified atom stereocenters. The molecule has 0 aliphatic rings. The van der Waals surface area contributed by atoms with Crippen molar-refractivity contribution in [2.45, 2.75) is 0 Å². The fraction of sp³-hybridized carbons (Fsp3) is 0.167. The zero-order valence-corrected chi connectivity index (χ0v) is 10.7. The van der Waals surface area contributed by atoms with Crippen LogP contribution >= 0.6 is 12.2 Å². The number of ether oxygens (including phenoxy) is 1. The minimum absolute atomic E-state index is 0.333. The Morgan fingerprint density at radius 1 is 1.44 bits per heavy atom. The second-order valence-electron chi connectivity index (χ2n) is 3.77. The Morgan fingerprint density at radius 3 is 2.89 bits per heavy atom. The monoisotopic (exact) mass is 258 g/mol. The highest BCUT2D eigenvalue weighted by Crippen LogP contribution is 2.26. The van der Waals surface area contributed by atoms with E-state index in [1.807, 2.05) is 0 Å². The van der Waals surface area contributed by atoms with E-state index in [2.05, 4.69) is 16.0 Å². The molecule has 0 aliphatic heterocycles. The lowest BCUT2D eigenvalue weighted by molar-refractivity contribution is 0.452. The summed E-state index contributed by atoms with van der Waals surface area (Å²) in [5.74, 6) is 0.519. The minimum Gasteiger partial charge on any atom is -0.429 e. The number of thiocarbonyl (C=S) groups is 1. The lowest BCUT2D eigenvalue weighted by Crippen LogP contribution is -2.25. The van der Waals surface area contributed by atoms with Crippen LogP contribution in [0.25, 0.3) is 10.9 Å². The van der Waals surface area contributed by atoms with E-state index in [4.69, 9.17) is 22.2 Å². The second kappa shape index (κ2) is 4.94. The lowest BCUT2D eigenvalue weighted by atomic mass is 10.1. The predicted octanol–water partition coefficient (Wildman–Crippen LogP) is 1.73. The van der Waals surface area contributed by atoms with Gasteiger partial charge < -0.3 is 9.64 Å². The van der Waals surface area contributed by atoms with Crippen LogP contribution in [0.4, 0.5) is 0 Å². The number of nitriles is 1. The molecule has 5 nitrogen and oxygen atoms in total. The Kier molecular flexibility index (Phi) is 3.35. The van der Waals surface area contributed by atoms with Gasteiger partial charge in [0.05, 0.1) is 11.6 Å². The zero-order chi connectivity index (χ0) is 13.1. The predicted molar refractivity (Wildman–Crippen MR) is 71.2 cm³/mol. The van der Waals surface area contributed by atoms with Crippen LogP contribution in [0.2, 0.25) is 0 Å². The van der Waals surface area contributed by atoms with E-state index < -0.39 is 0 Å². The molecule has 0 atom stereocenters. The van der Waals surface area contributed by atoms with Gasteiger partial charge in [-0.05, 0) is 24.4 Å². The normalized spacial score (nSPS) is 9.83. The Balaban J connectivity index is 2.54. The first-order valence-electron chi connectivity index (χ1n) is 5.15. The minimum atomic E-state index is 0.333. The highest BCUT2D eigenvalue weighted by atomic mass is 32.1. The number of fused-ring (bicyclic) bond motifs is 1. The van der Waals surface area contributed by atoms with Crippen LogP contribution in [0.1, 0.15) is 5.56 Å². The van der Waals surface area contributed by atoms with E-state index in [1.54, 1.807) is 37.3 Å². The third-order valence-corrected chi connectivity index (χ3v) is 2.77. The summed E-state index contributed by atoms with van der Waals surface area (Å²) < 4.78 is 5.55. The van der Waals surface area contributed by atoms with Gasteiger partial charge in [0.15, 0.2) is 5.75 Å². The summed E-state index contributed by atoms with van der Waals surface area (Å²) in [6.45, 7) is 0. The van der Waals surface area contributed by atoms with Gasteiger partial charge in [0.25, 0.3) is 5.17 Å². The van der Waals surface area contributed by atoms with Crippen molar-refractivity contribution in [1.82, 2.24) is 14.9 Å². The number of nitrogens with zero attached hydrogens (tertiary/aromatic N) is 4. The summed E-state index contributed by atoms with van der Waals surface area (Å²) >= 11 is 5.08. The average molecular weight is 258 g/mol. The van der Waals surface area contributed by atoms with Gasteiger partial charge in [-0.25, -0.2) is 9.97 Å². The van der Waals surface area contributed by atoms with Gasteiger partial charge >= 0.3 is 0 Å². The first-order valence-corrected chi connectivity index (χ1v) is 5.56. The van der Waals surface area contributed by atoms with Crippen LogP contribution in [0, 0.1) is 11.3 Å². The van der Waals surface area contributed by atoms with E-state index in [9.17, 15) is 0 Å². The largest absolute Gasteiger partial charge is 0.429 e. The fourth-order valence-corrected chi connectivity index (χ4v) is 1.51. The molecule has 0 spiro atoms. The lowest BCUT2D eigenvalue weighted by Gasteiger charge is -2.15. The van der Waals surface area contributed by atoms with Crippen molar-refractivity contribution in [2.24, 2.45) is 0 Å². The number of hydrogen-bond acceptors (Lipinski definition) is 5. The summed E-state index contributed by atoms with van der Waals surface area (Å²) in [4.78, 5) is 9.73. The maximum atomic E-state index is 9.02. The van der Waals surface area contributed by atoms with Crippen molar-refractivity contribution < 1.29 is 4.74 Å². The molecule has 0 amide bonds. The summed E-state index contributed by atoms with van der Waals surface area (Å²) in [5, 5.41) is 10.0. The van der Waals surface area contributed by atoms with E-state index in [0.29, 0.717) is 27.4 Å². The van der Waals surface area contributed by atoms with Crippen LogP contribution in [0.5, 0.6) is 5.75 Å². The topological polar surface area (TPSA) is 62.0 Å². The Bertz CT molecular complexity index is 648. The van der Waals surface area contributed by atoms with Gasteiger partial charge in [-0.2, -0.15) is 5.26 Å². The van der Waals surface area contributed by atoms with Gasteiger partial charge in [-0.1, -0.05) is 0 Å². The maximum absolute atomic E-state index is 9.02. The molecular weight excluding hydrogens is 248 g/mol. The first-order chi connectivity index (χ1) is 8.63. The number of benzene rings is 1. The highest BCUT2D eigenvalue weighted by molar-refractivity contribution is 7.80. The summed E-state index contributed by atoms with van der Waals surface area (Å²) in [7, 11) is 3.59. The number of hydrogen-bond donors (Lipinski definition) is 0. The van der Waals surface area contributed by atoms with Gasteiger partial charge in [0.2, 0.25) is 0 Å². The Hall–Kier alpha value is -2.26. The molecule has 0 saturated heterocycles. The summed E-state index contributed by atoms with van der Waals surface area (Å²) in [6.07, 6.45) is 3.00. The molecule has 18 heavy (non-hydrogen) atoms.